The van der Waals surface area contributed by atoms with E-state index in [4.69, 9.17) is 18.9 Å². The van der Waals surface area contributed by atoms with E-state index in [2.05, 4.69) is 19.9 Å². The fourth-order valence-electron chi connectivity index (χ4n) is 9.38. The van der Waals surface area contributed by atoms with Gasteiger partial charge >= 0.3 is 0 Å². The van der Waals surface area contributed by atoms with Crippen molar-refractivity contribution in [3.63, 3.8) is 0 Å². The number of ether oxygens (including phenoxy) is 4. The van der Waals surface area contributed by atoms with E-state index in [0.717, 1.165) is 24.3 Å². The van der Waals surface area contributed by atoms with Crippen LogP contribution in [0.25, 0.3) is 78.7 Å². The van der Waals surface area contributed by atoms with E-state index in [9.17, 15) is 35.7 Å². The number of aliphatic hydroxyl groups excluding tert-OH is 7. The third-order valence-electron chi connectivity index (χ3n) is 13.7. The predicted molar refractivity (Wildman–Crippen MR) is 276 cm³/mol. The Labute approximate surface area is 482 Å². The van der Waals surface area contributed by atoms with Crippen molar-refractivity contribution in [3.05, 3.63) is 140 Å². The quantitative estimate of drug-likeness (QED) is 0.0256. The molecule has 4 aromatic carbocycles. The smallest absolute Gasteiger partial charge is 0.204 e. The summed E-state index contributed by atoms with van der Waals surface area (Å²) < 4.78 is 283. The molecule has 8 bridgehead atoms. The first-order chi connectivity index (χ1) is 41.8. The number of H-pyrrole nitrogens is 2. The SMILES string of the molecule is CCC(O)COc1c(F)c(F)c(-c2c3nc(c(-c4c(F)c(F)c(OCC(O)CO)c(F)c4F)c4ccc([nH]4)c(-c4c(F)c(F)c(OCC(O)CO)c(F)c4F)c4nc(c(-c5c(F)c(F)c(OCC(O)CO)c(F)c5F)c5ccc2[nH]5)C=C4)CC3)c(F)c1F. The van der Waals surface area contributed by atoms with Crippen LogP contribution < -0.4 is 18.9 Å². The van der Waals surface area contributed by atoms with Crippen molar-refractivity contribution >= 4 is 34.2 Å². The molecule has 0 spiro atoms. The summed E-state index contributed by atoms with van der Waals surface area (Å²) in [5.41, 5.74) is -18.6. The van der Waals surface area contributed by atoms with Gasteiger partial charge in [-0.3, -0.25) is 4.98 Å². The second kappa shape index (κ2) is 25.7. The molecule has 468 valence electrons. The van der Waals surface area contributed by atoms with E-state index in [-0.39, 0.29) is 6.42 Å². The molecule has 0 aliphatic carbocycles. The van der Waals surface area contributed by atoms with Gasteiger partial charge in [0, 0.05) is 44.3 Å². The minimum atomic E-state index is -2.38. The van der Waals surface area contributed by atoms with Gasteiger partial charge in [-0.25, -0.2) is 40.1 Å². The molecule has 0 fully saturated rings. The molecule has 88 heavy (non-hydrogen) atoms. The highest BCUT2D eigenvalue weighted by atomic mass is 19.2. The number of hydrogen-bond acceptors (Lipinski definition) is 13. The third-order valence-corrected chi connectivity index (χ3v) is 13.7. The van der Waals surface area contributed by atoms with E-state index >= 15 is 70.2 Å². The largest absolute Gasteiger partial charge is 0.485 e. The van der Waals surface area contributed by atoms with Crippen LogP contribution in [0.5, 0.6) is 23.0 Å². The first kappa shape index (κ1) is 64.0. The lowest BCUT2D eigenvalue weighted by Crippen LogP contribution is -2.22. The molecule has 2 aliphatic rings. The number of fused-ring (bicyclic) bond motifs is 8. The van der Waals surface area contributed by atoms with Gasteiger partial charge in [0.15, 0.2) is 69.5 Å². The van der Waals surface area contributed by atoms with Gasteiger partial charge in [-0.1, -0.05) is 6.92 Å². The number of aromatic nitrogens is 4. The van der Waals surface area contributed by atoms with Gasteiger partial charge in [0.1, 0.15) is 44.7 Å². The minimum absolute atomic E-state index is 0.0959. The number of aryl methyl sites for hydroxylation is 2. The van der Waals surface area contributed by atoms with Gasteiger partial charge in [0.2, 0.25) is 46.5 Å². The summed E-state index contributed by atoms with van der Waals surface area (Å²) in [6.45, 7) is -6.35. The molecule has 4 unspecified atom stereocenters. The number of benzene rings is 4. The summed E-state index contributed by atoms with van der Waals surface area (Å²) in [5, 5.41) is 67.1. The molecule has 5 heterocycles. The van der Waals surface area contributed by atoms with Crippen LogP contribution in [0.1, 0.15) is 36.1 Å². The van der Waals surface area contributed by atoms with Gasteiger partial charge in [0.25, 0.3) is 0 Å². The maximum Gasteiger partial charge on any atom is 0.204 e. The molecule has 15 nitrogen and oxygen atoms in total. The standard InChI is InChI=1S/C57H42F16N4O11/c1-2-18(81)14-85-54-46(66)38(58)34(39(59)47(54)67)30-22-3-5-24(74-22)31(35-40(60)48(68)55(49(69)41(35)61)86-15-19(82)11-78)26-7-9-28(76-26)33(37-44(64)52(72)57(53(73)45(37)65)88-17-21(84)13-80)29-10-8-27(77-29)32(25-6-4-23(30)75-25)36-42(62)50(70)56(51(71)43(36)63)87-16-20(83)12-79/h3,5,7-10,18-21,74,77-84H,2,4,6,11-17H2,1H3. The second-order valence-corrected chi connectivity index (χ2v) is 19.4. The molecule has 0 amide bonds. The Morgan fingerprint density at radius 2 is 0.591 bits per heavy atom. The summed E-state index contributed by atoms with van der Waals surface area (Å²) >= 11 is 0. The van der Waals surface area contributed by atoms with E-state index in [1.165, 1.54) is 6.92 Å². The van der Waals surface area contributed by atoms with Gasteiger partial charge in [0.05, 0.1) is 71.0 Å². The molecule has 7 aromatic rings. The predicted octanol–water partition coefficient (Wildman–Crippen LogP) is 9.51. The molecule has 4 atom stereocenters. The topological polar surface area (TPSA) is 236 Å². The van der Waals surface area contributed by atoms with Crippen molar-refractivity contribution in [2.75, 3.05) is 46.2 Å². The normalized spacial score (nSPS) is 13.7. The highest BCUT2D eigenvalue weighted by Crippen LogP contribution is 2.47. The molecule has 2 aliphatic heterocycles. The highest BCUT2D eigenvalue weighted by Gasteiger charge is 2.37. The molecule has 31 heteroatoms. The zero-order valence-corrected chi connectivity index (χ0v) is 44.5. The third kappa shape index (κ3) is 11.4. The molecule has 0 saturated carbocycles. The van der Waals surface area contributed by atoms with Crippen LogP contribution in [-0.2, 0) is 12.8 Å². The molecule has 0 saturated heterocycles. The number of nitrogens with zero attached hydrogens (tertiary/aromatic N) is 2. The first-order valence-corrected chi connectivity index (χ1v) is 25.8. The van der Waals surface area contributed by atoms with Crippen LogP contribution in [0.2, 0.25) is 0 Å². The summed E-state index contributed by atoms with van der Waals surface area (Å²) in [5.74, 6) is -44.6. The number of halogens is 16. The van der Waals surface area contributed by atoms with E-state index in [1.54, 1.807) is 0 Å². The Kier molecular flexibility index (Phi) is 18.7. The lowest BCUT2D eigenvalue weighted by molar-refractivity contribution is 0.0504. The Balaban J connectivity index is 1.50. The zero-order chi connectivity index (χ0) is 64.1. The van der Waals surface area contributed by atoms with Crippen LogP contribution in [0.3, 0.4) is 0 Å². The zero-order valence-electron chi connectivity index (χ0n) is 44.5. The van der Waals surface area contributed by atoms with E-state index < -0.39 is 289 Å². The van der Waals surface area contributed by atoms with Crippen molar-refractivity contribution in [2.24, 2.45) is 0 Å². The maximum atomic E-state index is 16.9. The van der Waals surface area contributed by atoms with Crippen LogP contribution in [0.15, 0.2) is 24.3 Å². The second-order valence-electron chi connectivity index (χ2n) is 19.4. The molecule has 0 radical (unpaired) electrons. The van der Waals surface area contributed by atoms with E-state index in [0.29, 0.717) is 12.2 Å². The lowest BCUT2D eigenvalue weighted by Gasteiger charge is -2.16. The lowest BCUT2D eigenvalue weighted by atomic mass is 9.98. The fourth-order valence-corrected chi connectivity index (χ4v) is 9.38. The van der Waals surface area contributed by atoms with Crippen LogP contribution in [-0.4, -0.2) is 126 Å². The number of aliphatic hydroxyl groups is 7. The molecule has 9 rings (SSSR count). The Morgan fingerprint density at radius 1 is 0.352 bits per heavy atom. The molecule has 9 N–H and O–H groups in total. The average molecular weight is 1260 g/mol. The first-order valence-electron chi connectivity index (χ1n) is 25.8. The van der Waals surface area contributed by atoms with Gasteiger partial charge in [-0.2, -0.15) is 35.1 Å². The summed E-state index contributed by atoms with van der Waals surface area (Å²) in [4.78, 5) is 13.3. The maximum absolute atomic E-state index is 16.9. The molecule has 3 aromatic heterocycles. The average Bonchev–Trinajstić information content (AvgIpc) is 1.68. The van der Waals surface area contributed by atoms with Crippen LogP contribution >= 0.6 is 0 Å². The molecular formula is C57H42F16N4O11. The van der Waals surface area contributed by atoms with E-state index in [1.807, 2.05) is 0 Å². The number of hydrogen-bond donors (Lipinski definition) is 9. The van der Waals surface area contributed by atoms with Crippen molar-refractivity contribution in [2.45, 2.75) is 50.6 Å². The van der Waals surface area contributed by atoms with Gasteiger partial charge < -0.3 is 64.7 Å². The summed E-state index contributed by atoms with van der Waals surface area (Å²) in [6, 6.07) is 2.93. The Bertz CT molecular complexity index is 3780. The fraction of sp³-hybridized carbons (Fsp3) is 0.263. The number of aromatic amines is 2. The summed E-state index contributed by atoms with van der Waals surface area (Å²) in [7, 11) is 0. The Hall–Kier alpha value is -8.46. The van der Waals surface area contributed by atoms with Crippen molar-refractivity contribution in [1.29, 1.82) is 0 Å². The molecular weight excluding hydrogens is 1220 g/mol. The number of nitrogens with one attached hydrogen (secondary N) is 2. The Morgan fingerprint density at radius 3 is 0.841 bits per heavy atom. The van der Waals surface area contributed by atoms with Crippen molar-refractivity contribution in [3.8, 4) is 67.5 Å². The number of rotatable bonds is 20. The van der Waals surface area contributed by atoms with Gasteiger partial charge in [-0.15, -0.1) is 0 Å². The van der Waals surface area contributed by atoms with Crippen molar-refractivity contribution in [1.82, 2.24) is 19.9 Å². The highest BCUT2D eigenvalue weighted by molar-refractivity contribution is 5.98. The monoisotopic (exact) mass is 1260 g/mol. The minimum Gasteiger partial charge on any atom is -0.485 e. The summed E-state index contributed by atoms with van der Waals surface area (Å²) in [6.07, 6.45) is -7.47. The van der Waals surface area contributed by atoms with Gasteiger partial charge in [-0.05, 0) is 55.7 Å². The van der Waals surface area contributed by atoms with Crippen molar-refractivity contribution < 1.29 is 125 Å². The van der Waals surface area contributed by atoms with Crippen LogP contribution in [0.4, 0.5) is 70.2 Å². The van der Waals surface area contributed by atoms with Crippen LogP contribution in [0, 0.1) is 93.1 Å².